The van der Waals surface area contributed by atoms with E-state index in [-0.39, 0.29) is 0 Å². The fourth-order valence-corrected chi connectivity index (χ4v) is 1.85. The predicted molar refractivity (Wildman–Crippen MR) is 63.2 cm³/mol. The van der Waals surface area contributed by atoms with Crippen LogP contribution in [0.25, 0.3) is 0 Å². The zero-order valence-electron chi connectivity index (χ0n) is 8.83. The smallest absolute Gasteiger partial charge is 0.189 e. The van der Waals surface area contributed by atoms with Gasteiger partial charge in [-0.3, -0.25) is 0 Å². The topological polar surface area (TPSA) is 18.5 Å². The van der Waals surface area contributed by atoms with E-state index >= 15 is 0 Å². The van der Waals surface area contributed by atoms with Gasteiger partial charge < -0.3 is 9.47 Å². The van der Waals surface area contributed by atoms with E-state index < -0.39 is 0 Å². The summed E-state index contributed by atoms with van der Waals surface area (Å²) in [5.74, 6) is 1.64. The zero-order chi connectivity index (χ0) is 10.7. The average Bonchev–Trinajstić information content (AvgIpc) is 3.05. The highest BCUT2D eigenvalue weighted by Crippen LogP contribution is 2.42. The van der Waals surface area contributed by atoms with E-state index in [1.807, 2.05) is 6.92 Å². The molecule has 82 valence electrons. The molecule has 3 heteroatoms. The van der Waals surface area contributed by atoms with Gasteiger partial charge in [-0.25, -0.2) is 0 Å². The third kappa shape index (κ3) is 2.95. The van der Waals surface area contributed by atoms with Crippen molar-refractivity contribution in [2.45, 2.75) is 25.7 Å². The van der Waals surface area contributed by atoms with E-state index in [0.717, 1.165) is 16.1 Å². The second-order valence-corrected chi connectivity index (χ2v) is 4.57. The van der Waals surface area contributed by atoms with Gasteiger partial charge in [0.25, 0.3) is 0 Å². The van der Waals surface area contributed by atoms with Crippen LogP contribution in [0.1, 0.15) is 31.2 Å². The number of rotatable bonds is 5. The Labute approximate surface area is 98.7 Å². The van der Waals surface area contributed by atoms with Crippen molar-refractivity contribution >= 4 is 15.9 Å². The minimum absolute atomic E-state index is 0.323. The molecule has 1 aromatic rings. The summed E-state index contributed by atoms with van der Waals surface area (Å²) in [5, 5.41) is 0. The highest BCUT2D eigenvalue weighted by atomic mass is 79.9. The molecule has 0 bridgehead atoms. The molecule has 1 fully saturated rings. The first kappa shape index (κ1) is 11.0. The van der Waals surface area contributed by atoms with E-state index in [0.29, 0.717) is 13.4 Å². The van der Waals surface area contributed by atoms with Gasteiger partial charge in [0.15, 0.2) is 6.79 Å². The van der Waals surface area contributed by atoms with Crippen molar-refractivity contribution in [1.82, 2.24) is 0 Å². The van der Waals surface area contributed by atoms with Crippen molar-refractivity contribution in [2.24, 2.45) is 0 Å². The van der Waals surface area contributed by atoms with Gasteiger partial charge in [0, 0.05) is 6.61 Å². The number of hydrogen-bond acceptors (Lipinski definition) is 2. The maximum atomic E-state index is 5.53. The summed E-state index contributed by atoms with van der Waals surface area (Å²) in [4.78, 5) is 0. The first-order chi connectivity index (χ1) is 7.31. The van der Waals surface area contributed by atoms with Gasteiger partial charge in [-0.1, -0.05) is 6.07 Å². The SMILES string of the molecule is CCOCOc1cc(C2CC2)ccc1Br. The van der Waals surface area contributed by atoms with Crippen molar-refractivity contribution in [2.75, 3.05) is 13.4 Å². The standard InChI is InChI=1S/C12H15BrO2/c1-2-14-8-15-12-7-10(9-3-4-9)5-6-11(12)13/h5-7,9H,2-4,8H2,1H3. The van der Waals surface area contributed by atoms with Crippen LogP contribution >= 0.6 is 15.9 Å². The van der Waals surface area contributed by atoms with Crippen LogP contribution in [-0.4, -0.2) is 13.4 Å². The molecule has 0 aliphatic heterocycles. The van der Waals surface area contributed by atoms with Gasteiger partial charge in [0.1, 0.15) is 5.75 Å². The molecule has 0 amide bonds. The average molecular weight is 271 g/mol. The van der Waals surface area contributed by atoms with E-state index in [9.17, 15) is 0 Å². The fourth-order valence-electron chi connectivity index (χ4n) is 1.49. The molecule has 2 nitrogen and oxygen atoms in total. The van der Waals surface area contributed by atoms with Gasteiger partial charge in [-0.2, -0.15) is 0 Å². The monoisotopic (exact) mass is 270 g/mol. The Balaban J connectivity index is 2.03. The van der Waals surface area contributed by atoms with Crippen LogP contribution in [0.3, 0.4) is 0 Å². The Kier molecular flexibility index (Phi) is 3.65. The van der Waals surface area contributed by atoms with Gasteiger partial charge in [0.2, 0.25) is 0 Å². The quantitative estimate of drug-likeness (QED) is 0.600. The Bertz CT molecular complexity index is 334. The Morgan fingerprint density at radius 3 is 2.87 bits per heavy atom. The maximum absolute atomic E-state index is 5.53. The normalized spacial score (nSPS) is 15.3. The molecule has 0 unspecified atom stereocenters. The van der Waals surface area contributed by atoms with Crippen LogP contribution in [0.15, 0.2) is 22.7 Å². The summed E-state index contributed by atoms with van der Waals surface area (Å²) in [6.45, 7) is 2.96. The summed E-state index contributed by atoms with van der Waals surface area (Å²) < 4.78 is 11.7. The maximum Gasteiger partial charge on any atom is 0.189 e. The molecule has 0 radical (unpaired) electrons. The van der Waals surface area contributed by atoms with Crippen LogP contribution in [0.4, 0.5) is 0 Å². The molecule has 1 aliphatic carbocycles. The third-order valence-electron chi connectivity index (χ3n) is 2.51. The van der Waals surface area contributed by atoms with Crippen LogP contribution < -0.4 is 4.74 Å². The lowest BCUT2D eigenvalue weighted by Crippen LogP contribution is -2.02. The summed E-state index contributed by atoms with van der Waals surface area (Å²) in [5.41, 5.74) is 1.38. The molecular formula is C12H15BrO2. The van der Waals surface area contributed by atoms with Gasteiger partial charge in [0.05, 0.1) is 4.47 Å². The molecule has 0 N–H and O–H groups in total. The summed E-state index contributed by atoms with van der Waals surface area (Å²) in [6.07, 6.45) is 2.62. The lowest BCUT2D eigenvalue weighted by Gasteiger charge is -2.09. The van der Waals surface area contributed by atoms with Crippen LogP contribution in [0.5, 0.6) is 5.75 Å². The second kappa shape index (κ2) is 4.99. The molecule has 0 heterocycles. The highest BCUT2D eigenvalue weighted by molar-refractivity contribution is 9.10. The summed E-state index contributed by atoms with van der Waals surface area (Å²) >= 11 is 3.47. The number of halogens is 1. The van der Waals surface area contributed by atoms with Gasteiger partial charge >= 0.3 is 0 Å². The summed E-state index contributed by atoms with van der Waals surface area (Å²) in [7, 11) is 0. The third-order valence-corrected chi connectivity index (χ3v) is 3.16. The first-order valence-electron chi connectivity index (χ1n) is 5.31. The van der Waals surface area contributed by atoms with Crippen LogP contribution in [0.2, 0.25) is 0 Å². The molecule has 1 aromatic carbocycles. The highest BCUT2D eigenvalue weighted by Gasteiger charge is 2.24. The molecule has 1 saturated carbocycles. The van der Waals surface area contributed by atoms with E-state index in [1.165, 1.54) is 18.4 Å². The van der Waals surface area contributed by atoms with E-state index in [4.69, 9.17) is 9.47 Å². The van der Waals surface area contributed by atoms with Crippen molar-refractivity contribution in [3.63, 3.8) is 0 Å². The molecule has 0 spiro atoms. The molecule has 1 aliphatic rings. The number of hydrogen-bond donors (Lipinski definition) is 0. The molecule has 0 aromatic heterocycles. The molecule has 15 heavy (non-hydrogen) atoms. The largest absolute Gasteiger partial charge is 0.466 e. The van der Waals surface area contributed by atoms with Crippen molar-refractivity contribution in [3.8, 4) is 5.75 Å². The Morgan fingerprint density at radius 2 is 2.20 bits per heavy atom. The molecule has 2 rings (SSSR count). The van der Waals surface area contributed by atoms with Gasteiger partial charge in [-0.05, 0) is 59.3 Å². The lowest BCUT2D eigenvalue weighted by molar-refractivity contribution is 0.0219. The second-order valence-electron chi connectivity index (χ2n) is 3.72. The summed E-state index contributed by atoms with van der Waals surface area (Å²) in [6, 6.07) is 6.32. The zero-order valence-corrected chi connectivity index (χ0v) is 10.4. The lowest BCUT2D eigenvalue weighted by atomic mass is 10.1. The number of ether oxygens (including phenoxy) is 2. The van der Waals surface area contributed by atoms with Gasteiger partial charge in [-0.15, -0.1) is 0 Å². The molecule has 0 atom stereocenters. The van der Waals surface area contributed by atoms with Crippen LogP contribution in [-0.2, 0) is 4.74 Å². The molecular weight excluding hydrogens is 256 g/mol. The predicted octanol–water partition coefficient (Wildman–Crippen LogP) is 3.70. The Morgan fingerprint density at radius 1 is 1.40 bits per heavy atom. The fraction of sp³-hybridized carbons (Fsp3) is 0.500. The van der Waals surface area contributed by atoms with E-state index in [1.54, 1.807) is 0 Å². The molecule has 0 saturated heterocycles. The Hall–Kier alpha value is -0.540. The van der Waals surface area contributed by atoms with E-state index in [2.05, 4.69) is 34.1 Å². The minimum Gasteiger partial charge on any atom is -0.466 e. The van der Waals surface area contributed by atoms with Crippen molar-refractivity contribution in [3.05, 3.63) is 28.2 Å². The van der Waals surface area contributed by atoms with Crippen molar-refractivity contribution < 1.29 is 9.47 Å². The number of benzene rings is 1. The van der Waals surface area contributed by atoms with Crippen molar-refractivity contribution in [1.29, 1.82) is 0 Å². The van der Waals surface area contributed by atoms with Crippen LogP contribution in [0, 0.1) is 0 Å². The minimum atomic E-state index is 0.323. The first-order valence-corrected chi connectivity index (χ1v) is 6.10.